The van der Waals surface area contributed by atoms with Gasteiger partial charge < -0.3 is 10.2 Å². The molecule has 1 aromatic rings. The van der Waals surface area contributed by atoms with Crippen LogP contribution in [0, 0.1) is 0 Å². The Morgan fingerprint density at radius 1 is 1.33 bits per heavy atom. The number of hydrogen-bond acceptors (Lipinski definition) is 2. The molecule has 1 N–H and O–H groups in total. The fourth-order valence-corrected chi connectivity index (χ4v) is 2.85. The van der Waals surface area contributed by atoms with Crippen molar-refractivity contribution in [2.24, 2.45) is 0 Å². The number of nitrogens with zero attached hydrogens (tertiary/aromatic N) is 2. The lowest BCUT2D eigenvalue weighted by Crippen LogP contribution is -2.47. The van der Waals surface area contributed by atoms with Gasteiger partial charge in [0.15, 0.2) is 0 Å². The van der Waals surface area contributed by atoms with Crippen molar-refractivity contribution in [1.29, 1.82) is 0 Å². The van der Waals surface area contributed by atoms with Crippen molar-refractivity contribution in [3.8, 4) is 0 Å². The van der Waals surface area contributed by atoms with Gasteiger partial charge in [0, 0.05) is 13.6 Å². The lowest BCUT2D eigenvalue weighted by Gasteiger charge is -2.33. The molecule has 108 valence electrons. The number of carbonyl (C=O) groups excluding carboxylic acids is 2. The third-order valence-electron chi connectivity index (χ3n) is 3.85. The standard InChI is InChI=1S/C16H17N3O2/c1-3-9-19-12-10-18(2)15(20)13(12)14(17-16(19)21)11-7-5-4-6-8-11/h3-8,14H,1,9-10H2,2H3,(H,17,21). The van der Waals surface area contributed by atoms with E-state index in [0.717, 1.165) is 11.3 Å². The second kappa shape index (κ2) is 5.09. The highest BCUT2D eigenvalue weighted by Crippen LogP contribution is 2.35. The first-order valence-corrected chi connectivity index (χ1v) is 6.86. The molecule has 0 aromatic heterocycles. The largest absolute Gasteiger partial charge is 0.336 e. The number of hydrogen-bond donors (Lipinski definition) is 1. The van der Waals surface area contributed by atoms with Crippen LogP contribution in [-0.4, -0.2) is 41.9 Å². The van der Waals surface area contributed by atoms with Crippen molar-refractivity contribution in [3.63, 3.8) is 0 Å². The Morgan fingerprint density at radius 2 is 2.05 bits per heavy atom. The summed E-state index contributed by atoms with van der Waals surface area (Å²) in [6.07, 6.45) is 1.66. The number of rotatable bonds is 3. The van der Waals surface area contributed by atoms with Gasteiger partial charge in [-0.3, -0.25) is 9.69 Å². The smallest absolute Gasteiger partial charge is 0.322 e. The van der Waals surface area contributed by atoms with Crippen LogP contribution < -0.4 is 5.32 Å². The number of benzene rings is 1. The minimum atomic E-state index is -0.382. The van der Waals surface area contributed by atoms with Crippen LogP contribution in [-0.2, 0) is 4.79 Å². The molecule has 1 aromatic carbocycles. The zero-order valence-electron chi connectivity index (χ0n) is 11.9. The Labute approximate surface area is 123 Å². The van der Waals surface area contributed by atoms with E-state index in [2.05, 4.69) is 11.9 Å². The van der Waals surface area contributed by atoms with Crippen LogP contribution in [0.15, 0.2) is 54.3 Å². The molecule has 21 heavy (non-hydrogen) atoms. The Bertz CT molecular complexity index is 636. The molecule has 1 atom stereocenters. The van der Waals surface area contributed by atoms with Gasteiger partial charge >= 0.3 is 6.03 Å². The molecule has 0 fully saturated rings. The summed E-state index contributed by atoms with van der Waals surface area (Å²) in [6, 6.07) is 8.99. The molecular weight excluding hydrogens is 266 g/mol. The van der Waals surface area contributed by atoms with Crippen LogP contribution in [0.1, 0.15) is 11.6 Å². The summed E-state index contributed by atoms with van der Waals surface area (Å²) in [5.74, 6) is -0.0343. The summed E-state index contributed by atoms with van der Waals surface area (Å²) in [5, 5.41) is 2.92. The van der Waals surface area contributed by atoms with E-state index in [0.29, 0.717) is 18.7 Å². The highest BCUT2D eigenvalue weighted by Gasteiger charge is 2.42. The summed E-state index contributed by atoms with van der Waals surface area (Å²) in [7, 11) is 1.75. The topological polar surface area (TPSA) is 52.7 Å². The van der Waals surface area contributed by atoms with Crippen LogP contribution in [0.5, 0.6) is 0 Å². The predicted octanol–water partition coefficient (Wildman–Crippen LogP) is 1.67. The zero-order valence-corrected chi connectivity index (χ0v) is 11.9. The maximum atomic E-state index is 12.4. The van der Waals surface area contributed by atoms with E-state index in [-0.39, 0.29) is 18.0 Å². The van der Waals surface area contributed by atoms with Gasteiger partial charge in [0.05, 0.1) is 23.9 Å². The van der Waals surface area contributed by atoms with Crippen molar-refractivity contribution in [2.75, 3.05) is 20.1 Å². The first-order valence-electron chi connectivity index (χ1n) is 6.86. The minimum absolute atomic E-state index is 0.0343. The SMILES string of the molecule is C=CCN1C(=O)NC(c2ccccc2)C2=C1CN(C)C2=O. The first kappa shape index (κ1) is 13.4. The molecule has 2 aliphatic rings. The normalized spacial score (nSPS) is 21.5. The van der Waals surface area contributed by atoms with E-state index in [9.17, 15) is 9.59 Å². The average molecular weight is 283 g/mol. The summed E-state index contributed by atoms with van der Waals surface area (Å²) in [5.41, 5.74) is 2.35. The molecular formula is C16H17N3O2. The van der Waals surface area contributed by atoms with E-state index in [1.54, 1.807) is 22.9 Å². The van der Waals surface area contributed by atoms with Gasteiger partial charge in [-0.05, 0) is 5.56 Å². The third kappa shape index (κ3) is 2.11. The molecule has 0 aliphatic carbocycles. The van der Waals surface area contributed by atoms with Gasteiger partial charge in [-0.15, -0.1) is 6.58 Å². The van der Waals surface area contributed by atoms with Gasteiger partial charge in [0.25, 0.3) is 5.91 Å². The van der Waals surface area contributed by atoms with Crippen molar-refractivity contribution >= 4 is 11.9 Å². The second-order valence-corrected chi connectivity index (χ2v) is 5.21. The molecule has 0 saturated carbocycles. The Kier molecular flexibility index (Phi) is 3.25. The van der Waals surface area contributed by atoms with E-state index >= 15 is 0 Å². The lowest BCUT2D eigenvalue weighted by atomic mass is 9.95. The molecule has 2 aliphatic heterocycles. The molecule has 3 rings (SSSR count). The van der Waals surface area contributed by atoms with Gasteiger partial charge in [0.2, 0.25) is 0 Å². The summed E-state index contributed by atoms with van der Waals surface area (Å²) in [4.78, 5) is 28.0. The molecule has 3 amide bonds. The van der Waals surface area contributed by atoms with Crippen molar-refractivity contribution in [2.45, 2.75) is 6.04 Å². The minimum Gasteiger partial charge on any atom is -0.336 e. The van der Waals surface area contributed by atoms with Gasteiger partial charge in [-0.2, -0.15) is 0 Å². The Balaban J connectivity index is 2.09. The zero-order chi connectivity index (χ0) is 15.0. The highest BCUT2D eigenvalue weighted by molar-refractivity contribution is 6.01. The van der Waals surface area contributed by atoms with Crippen LogP contribution in [0.3, 0.4) is 0 Å². The maximum absolute atomic E-state index is 12.4. The summed E-state index contributed by atoms with van der Waals surface area (Å²) >= 11 is 0. The van der Waals surface area contributed by atoms with E-state index in [4.69, 9.17) is 0 Å². The second-order valence-electron chi connectivity index (χ2n) is 5.21. The maximum Gasteiger partial charge on any atom is 0.322 e. The van der Waals surface area contributed by atoms with E-state index in [1.807, 2.05) is 30.3 Å². The first-order chi connectivity index (χ1) is 10.1. The molecule has 0 saturated heterocycles. The van der Waals surface area contributed by atoms with Crippen molar-refractivity contribution in [3.05, 3.63) is 59.8 Å². The predicted molar refractivity (Wildman–Crippen MR) is 79.3 cm³/mol. The van der Waals surface area contributed by atoms with Crippen LogP contribution >= 0.6 is 0 Å². The third-order valence-corrected chi connectivity index (χ3v) is 3.85. The van der Waals surface area contributed by atoms with Gasteiger partial charge in [0.1, 0.15) is 0 Å². The molecule has 2 heterocycles. The molecule has 0 radical (unpaired) electrons. The Hall–Kier alpha value is -2.56. The lowest BCUT2D eigenvalue weighted by molar-refractivity contribution is -0.124. The monoisotopic (exact) mass is 283 g/mol. The fourth-order valence-electron chi connectivity index (χ4n) is 2.85. The molecule has 5 heteroatoms. The van der Waals surface area contributed by atoms with Crippen LogP contribution in [0.2, 0.25) is 0 Å². The van der Waals surface area contributed by atoms with E-state index in [1.165, 1.54) is 0 Å². The number of amides is 3. The number of urea groups is 1. The number of carbonyl (C=O) groups is 2. The molecule has 1 unspecified atom stereocenters. The van der Waals surface area contributed by atoms with Gasteiger partial charge in [-0.25, -0.2) is 4.79 Å². The molecule has 0 spiro atoms. The van der Waals surface area contributed by atoms with Crippen LogP contribution in [0.4, 0.5) is 4.79 Å². The summed E-state index contributed by atoms with van der Waals surface area (Å²) < 4.78 is 0. The Morgan fingerprint density at radius 3 is 2.71 bits per heavy atom. The highest BCUT2D eigenvalue weighted by atomic mass is 16.2. The fraction of sp³-hybridized carbons (Fsp3) is 0.250. The quantitative estimate of drug-likeness (QED) is 0.858. The molecule has 5 nitrogen and oxygen atoms in total. The number of nitrogens with one attached hydrogen (secondary N) is 1. The van der Waals surface area contributed by atoms with Crippen molar-refractivity contribution < 1.29 is 9.59 Å². The van der Waals surface area contributed by atoms with E-state index < -0.39 is 0 Å². The van der Waals surface area contributed by atoms with Gasteiger partial charge in [-0.1, -0.05) is 36.4 Å². The van der Waals surface area contributed by atoms with Crippen LogP contribution in [0.25, 0.3) is 0 Å². The van der Waals surface area contributed by atoms with Crippen molar-refractivity contribution in [1.82, 2.24) is 15.1 Å². The average Bonchev–Trinajstić information content (AvgIpc) is 2.79. The summed E-state index contributed by atoms with van der Waals surface area (Å²) in [6.45, 7) is 4.53. The number of likely N-dealkylation sites (N-methyl/N-ethyl adjacent to an activating group) is 1. The molecule has 0 bridgehead atoms.